The average Bonchev–Trinajstić information content (AvgIpc) is 2.38. The highest BCUT2D eigenvalue weighted by molar-refractivity contribution is 7.89. The zero-order chi connectivity index (χ0) is 15.6. The molecule has 2 aromatic carbocycles. The quantitative estimate of drug-likeness (QED) is 0.924. The summed E-state index contributed by atoms with van der Waals surface area (Å²) in [5, 5.41) is 0.628. The molecule has 0 aliphatic carbocycles. The summed E-state index contributed by atoms with van der Waals surface area (Å²) < 4.78 is 27.7. The van der Waals surface area contributed by atoms with Crippen molar-refractivity contribution in [3.8, 4) is 0 Å². The smallest absolute Gasteiger partial charge is 0.207 e. The van der Waals surface area contributed by atoms with Crippen molar-refractivity contribution >= 4 is 21.6 Å². The van der Waals surface area contributed by atoms with E-state index in [-0.39, 0.29) is 6.04 Å². The van der Waals surface area contributed by atoms with Gasteiger partial charge in [-0.3, -0.25) is 0 Å². The molecule has 2 aromatic rings. The van der Waals surface area contributed by atoms with Gasteiger partial charge in [0.15, 0.2) is 0 Å². The molecule has 3 nitrogen and oxygen atoms in total. The fraction of sp³-hybridized carbons (Fsp3) is 0.250. The van der Waals surface area contributed by atoms with Gasteiger partial charge in [-0.15, -0.1) is 0 Å². The molecular formula is C16H18ClNO2S. The third-order valence-electron chi connectivity index (χ3n) is 3.32. The van der Waals surface area contributed by atoms with Crippen LogP contribution in [0, 0.1) is 13.8 Å². The van der Waals surface area contributed by atoms with E-state index in [0.717, 1.165) is 16.7 Å². The van der Waals surface area contributed by atoms with Crippen LogP contribution in [-0.2, 0) is 10.0 Å². The van der Waals surface area contributed by atoms with E-state index in [1.54, 1.807) is 31.2 Å². The van der Waals surface area contributed by atoms with Gasteiger partial charge in [0.1, 0.15) is 0 Å². The van der Waals surface area contributed by atoms with Gasteiger partial charge < -0.3 is 0 Å². The molecule has 0 saturated heterocycles. The van der Waals surface area contributed by atoms with Crippen LogP contribution in [0.5, 0.6) is 0 Å². The van der Waals surface area contributed by atoms with E-state index in [9.17, 15) is 8.42 Å². The SMILES string of the molecule is Cc1ccc(S(=O)(=O)NC(C)c2ccc(Cl)cc2)c(C)c1. The lowest BCUT2D eigenvalue weighted by Crippen LogP contribution is -2.27. The van der Waals surface area contributed by atoms with Gasteiger partial charge in [-0.1, -0.05) is 41.4 Å². The van der Waals surface area contributed by atoms with Crippen LogP contribution in [0.3, 0.4) is 0 Å². The number of sulfonamides is 1. The molecule has 1 atom stereocenters. The number of benzene rings is 2. The third kappa shape index (κ3) is 3.84. The summed E-state index contributed by atoms with van der Waals surface area (Å²) in [5.41, 5.74) is 2.65. The summed E-state index contributed by atoms with van der Waals surface area (Å²) >= 11 is 5.84. The van der Waals surface area contributed by atoms with Crippen molar-refractivity contribution < 1.29 is 8.42 Å². The number of hydrogen-bond donors (Lipinski definition) is 1. The van der Waals surface area contributed by atoms with Crippen LogP contribution in [-0.4, -0.2) is 8.42 Å². The minimum absolute atomic E-state index is 0.314. The largest absolute Gasteiger partial charge is 0.241 e. The lowest BCUT2D eigenvalue weighted by Gasteiger charge is -2.16. The van der Waals surface area contributed by atoms with Crippen molar-refractivity contribution in [2.45, 2.75) is 31.7 Å². The van der Waals surface area contributed by atoms with Crippen molar-refractivity contribution in [2.75, 3.05) is 0 Å². The predicted molar refractivity (Wildman–Crippen MR) is 86.1 cm³/mol. The Hall–Kier alpha value is -1.36. The molecule has 0 spiro atoms. The topological polar surface area (TPSA) is 46.2 Å². The van der Waals surface area contributed by atoms with Crippen molar-refractivity contribution in [3.63, 3.8) is 0 Å². The number of halogens is 1. The van der Waals surface area contributed by atoms with Crippen LogP contribution in [0.1, 0.15) is 29.7 Å². The maximum absolute atomic E-state index is 12.5. The molecule has 2 rings (SSSR count). The first-order valence-corrected chi connectivity index (χ1v) is 8.51. The highest BCUT2D eigenvalue weighted by atomic mass is 35.5. The lowest BCUT2D eigenvalue weighted by atomic mass is 10.1. The Morgan fingerprint density at radius 1 is 1.05 bits per heavy atom. The molecule has 112 valence electrons. The summed E-state index contributed by atoms with van der Waals surface area (Å²) in [6, 6.07) is 12.1. The van der Waals surface area contributed by atoms with Crippen molar-refractivity contribution in [2.24, 2.45) is 0 Å². The Bertz CT molecular complexity index is 739. The molecule has 5 heteroatoms. The number of hydrogen-bond acceptors (Lipinski definition) is 2. The van der Waals surface area contributed by atoms with Crippen molar-refractivity contribution in [1.29, 1.82) is 0 Å². The number of nitrogens with one attached hydrogen (secondary N) is 1. The van der Waals surface area contributed by atoms with Gasteiger partial charge in [0.25, 0.3) is 0 Å². The summed E-state index contributed by atoms with van der Waals surface area (Å²) in [7, 11) is -3.55. The highest BCUT2D eigenvalue weighted by Gasteiger charge is 2.20. The second kappa shape index (κ2) is 6.18. The molecule has 1 N–H and O–H groups in total. The van der Waals surface area contributed by atoms with E-state index >= 15 is 0 Å². The molecule has 0 aliphatic heterocycles. The number of aryl methyl sites for hydroxylation is 2. The minimum atomic E-state index is -3.55. The normalized spacial score (nSPS) is 13.1. The molecule has 0 fully saturated rings. The van der Waals surface area contributed by atoms with Crippen molar-refractivity contribution in [1.82, 2.24) is 4.72 Å². The van der Waals surface area contributed by atoms with E-state index in [1.807, 2.05) is 32.0 Å². The predicted octanol–water partition coefficient (Wildman–Crippen LogP) is 4.00. The highest BCUT2D eigenvalue weighted by Crippen LogP contribution is 2.21. The summed E-state index contributed by atoms with van der Waals surface area (Å²) in [6.07, 6.45) is 0. The van der Waals surface area contributed by atoms with Gasteiger partial charge in [0.2, 0.25) is 10.0 Å². The Morgan fingerprint density at radius 2 is 1.67 bits per heavy atom. The zero-order valence-electron chi connectivity index (χ0n) is 12.2. The van der Waals surface area contributed by atoms with Gasteiger partial charge in [-0.05, 0) is 50.1 Å². The van der Waals surface area contributed by atoms with Gasteiger partial charge in [-0.25, -0.2) is 13.1 Å². The minimum Gasteiger partial charge on any atom is -0.207 e. The van der Waals surface area contributed by atoms with E-state index < -0.39 is 10.0 Å². The molecule has 0 heterocycles. The molecule has 0 radical (unpaired) electrons. The lowest BCUT2D eigenvalue weighted by molar-refractivity contribution is 0.566. The Kier molecular flexibility index (Phi) is 4.71. The number of rotatable bonds is 4. The van der Waals surface area contributed by atoms with E-state index in [4.69, 9.17) is 11.6 Å². The zero-order valence-corrected chi connectivity index (χ0v) is 13.8. The third-order valence-corrected chi connectivity index (χ3v) is 5.27. The first-order chi connectivity index (χ1) is 9.79. The first-order valence-electron chi connectivity index (χ1n) is 6.64. The maximum atomic E-state index is 12.5. The first kappa shape index (κ1) is 16.0. The second-order valence-electron chi connectivity index (χ2n) is 5.16. The molecule has 21 heavy (non-hydrogen) atoms. The van der Waals surface area contributed by atoms with E-state index in [0.29, 0.717) is 9.92 Å². The van der Waals surface area contributed by atoms with E-state index in [2.05, 4.69) is 4.72 Å². The van der Waals surface area contributed by atoms with Gasteiger partial charge in [0.05, 0.1) is 4.90 Å². The Labute approximate surface area is 131 Å². The van der Waals surface area contributed by atoms with Crippen LogP contribution in [0.15, 0.2) is 47.4 Å². The standard InChI is InChI=1S/C16H18ClNO2S/c1-11-4-9-16(12(2)10-11)21(19,20)18-13(3)14-5-7-15(17)8-6-14/h4-10,13,18H,1-3H3. The molecular weight excluding hydrogens is 306 g/mol. The van der Waals surface area contributed by atoms with Gasteiger partial charge in [-0.2, -0.15) is 0 Å². The van der Waals surface area contributed by atoms with Crippen LogP contribution in [0.25, 0.3) is 0 Å². The van der Waals surface area contributed by atoms with E-state index in [1.165, 1.54) is 0 Å². The molecule has 0 amide bonds. The van der Waals surface area contributed by atoms with Crippen LogP contribution < -0.4 is 4.72 Å². The molecule has 0 aliphatic rings. The maximum Gasteiger partial charge on any atom is 0.241 e. The van der Waals surface area contributed by atoms with Crippen molar-refractivity contribution in [3.05, 3.63) is 64.2 Å². The van der Waals surface area contributed by atoms with Crippen LogP contribution >= 0.6 is 11.6 Å². The van der Waals surface area contributed by atoms with Gasteiger partial charge in [0, 0.05) is 11.1 Å². The average molecular weight is 324 g/mol. The van der Waals surface area contributed by atoms with Crippen LogP contribution in [0.2, 0.25) is 5.02 Å². The Balaban J connectivity index is 2.26. The van der Waals surface area contributed by atoms with Gasteiger partial charge >= 0.3 is 0 Å². The fourth-order valence-electron chi connectivity index (χ4n) is 2.22. The molecule has 0 saturated carbocycles. The summed E-state index contributed by atoms with van der Waals surface area (Å²) in [6.45, 7) is 5.55. The van der Waals surface area contributed by atoms with Crippen LogP contribution in [0.4, 0.5) is 0 Å². The Morgan fingerprint density at radius 3 is 2.24 bits per heavy atom. The molecule has 0 bridgehead atoms. The second-order valence-corrected chi connectivity index (χ2v) is 7.28. The monoisotopic (exact) mass is 323 g/mol. The summed E-state index contributed by atoms with van der Waals surface area (Å²) in [4.78, 5) is 0.314. The molecule has 0 aromatic heterocycles. The fourth-order valence-corrected chi connectivity index (χ4v) is 3.80. The summed E-state index contributed by atoms with van der Waals surface area (Å²) in [5.74, 6) is 0. The molecule has 1 unspecified atom stereocenters.